The Morgan fingerprint density at radius 1 is 1.31 bits per heavy atom. The second-order valence-electron chi connectivity index (χ2n) is 7.52. The van der Waals surface area contributed by atoms with Crippen molar-refractivity contribution in [1.82, 2.24) is 19.6 Å². The molecule has 0 radical (unpaired) electrons. The zero-order chi connectivity index (χ0) is 20.0. The highest BCUT2D eigenvalue weighted by Crippen LogP contribution is 2.32. The lowest BCUT2D eigenvalue weighted by molar-refractivity contribution is 0.0304. The van der Waals surface area contributed by atoms with Crippen LogP contribution in [0.15, 0.2) is 30.7 Å². The van der Waals surface area contributed by atoms with Crippen molar-refractivity contribution >= 4 is 17.2 Å². The standard InChI is InChI=1S/C21H22FN5O2/c1-12-7-14(8-13(2)29-12)16-9-23-21(27-11-25-26-20(16)27)24-10-17-15-5-6-28-19(15)4-3-18(17)22/h3-4,7,9,11-13H,5-6,8,10H2,1-2H3,(H,23,24). The third kappa shape index (κ3) is 3.23. The zero-order valence-electron chi connectivity index (χ0n) is 16.4. The molecule has 150 valence electrons. The molecule has 1 aromatic carbocycles. The molecule has 0 saturated heterocycles. The van der Waals surface area contributed by atoms with Crippen LogP contribution in [0.2, 0.25) is 0 Å². The van der Waals surface area contributed by atoms with E-state index >= 15 is 0 Å². The van der Waals surface area contributed by atoms with E-state index in [4.69, 9.17) is 9.47 Å². The predicted molar refractivity (Wildman–Crippen MR) is 106 cm³/mol. The number of rotatable bonds is 4. The van der Waals surface area contributed by atoms with E-state index in [1.165, 1.54) is 6.07 Å². The first-order valence-corrected chi connectivity index (χ1v) is 9.82. The molecule has 3 aromatic rings. The van der Waals surface area contributed by atoms with E-state index in [-0.39, 0.29) is 18.0 Å². The van der Waals surface area contributed by atoms with Gasteiger partial charge in [0.25, 0.3) is 0 Å². The average molecular weight is 395 g/mol. The molecule has 0 saturated carbocycles. The highest BCUT2D eigenvalue weighted by atomic mass is 19.1. The molecule has 0 amide bonds. The molecule has 29 heavy (non-hydrogen) atoms. The maximum absolute atomic E-state index is 14.4. The van der Waals surface area contributed by atoms with Gasteiger partial charge in [-0.2, -0.15) is 0 Å². The summed E-state index contributed by atoms with van der Waals surface area (Å²) in [5.74, 6) is 1.09. The van der Waals surface area contributed by atoms with Crippen molar-refractivity contribution < 1.29 is 13.9 Å². The number of ether oxygens (including phenoxy) is 2. The van der Waals surface area contributed by atoms with Crippen molar-refractivity contribution in [3.05, 3.63) is 53.2 Å². The number of hydrogen-bond acceptors (Lipinski definition) is 6. The van der Waals surface area contributed by atoms with E-state index in [1.807, 2.05) is 6.92 Å². The first-order chi connectivity index (χ1) is 14.1. The number of benzene rings is 1. The van der Waals surface area contributed by atoms with Crippen LogP contribution in [0.4, 0.5) is 10.3 Å². The van der Waals surface area contributed by atoms with Gasteiger partial charge in [0.2, 0.25) is 5.95 Å². The number of halogens is 1. The fourth-order valence-electron chi connectivity index (χ4n) is 4.17. The second kappa shape index (κ2) is 7.11. The number of aromatic nitrogens is 4. The van der Waals surface area contributed by atoms with Gasteiger partial charge < -0.3 is 14.8 Å². The van der Waals surface area contributed by atoms with Crippen molar-refractivity contribution in [2.75, 3.05) is 11.9 Å². The fraction of sp³-hybridized carbons (Fsp3) is 0.381. The molecular formula is C21H22FN5O2. The van der Waals surface area contributed by atoms with E-state index in [0.717, 1.165) is 34.5 Å². The number of hydrogen-bond donors (Lipinski definition) is 1. The molecule has 0 spiro atoms. The van der Waals surface area contributed by atoms with Crippen LogP contribution in [0.5, 0.6) is 5.75 Å². The summed E-state index contributed by atoms with van der Waals surface area (Å²) in [7, 11) is 0. The van der Waals surface area contributed by atoms with Crippen molar-refractivity contribution in [3.63, 3.8) is 0 Å². The maximum Gasteiger partial charge on any atom is 0.210 e. The Hall–Kier alpha value is -3.00. The largest absolute Gasteiger partial charge is 0.493 e. The maximum atomic E-state index is 14.4. The highest BCUT2D eigenvalue weighted by molar-refractivity contribution is 5.77. The third-order valence-electron chi connectivity index (χ3n) is 5.43. The van der Waals surface area contributed by atoms with Gasteiger partial charge in [-0.3, -0.25) is 4.40 Å². The molecule has 2 atom stereocenters. The van der Waals surface area contributed by atoms with Crippen molar-refractivity contribution in [1.29, 1.82) is 0 Å². The first-order valence-electron chi connectivity index (χ1n) is 9.82. The molecule has 7 nitrogen and oxygen atoms in total. The van der Waals surface area contributed by atoms with Gasteiger partial charge in [0.05, 0.1) is 18.8 Å². The lowest BCUT2D eigenvalue weighted by atomic mass is 9.98. The van der Waals surface area contributed by atoms with Gasteiger partial charge in [-0.15, -0.1) is 10.2 Å². The number of anilines is 1. The second-order valence-corrected chi connectivity index (χ2v) is 7.52. The van der Waals surface area contributed by atoms with Gasteiger partial charge in [-0.25, -0.2) is 9.37 Å². The molecule has 0 fully saturated rings. The Labute approximate surface area is 167 Å². The summed E-state index contributed by atoms with van der Waals surface area (Å²) >= 11 is 0. The average Bonchev–Trinajstić information content (AvgIpc) is 3.36. The van der Waals surface area contributed by atoms with E-state index in [9.17, 15) is 4.39 Å². The fourth-order valence-corrected chi connectivity index (χ4v) is 4.17. The van der Waals surface area contributed by atoms with Crippen molar-refractivity contribution in [2.24, 2.45) is 0 Å². The van der Waals surface area contributed by atoms with Gasteiger partial charge in [0.15, 0.2) is 5.65 Å². The van der Waals surface area contributed by atoms with Crippen LogP contribution in [0.1, 0.15) is 37.0 Å². The van der Waals surface area contributed by atoms with Gasteiger partial charge in [-0.1, -0.05) is 6.08 Å². The monoisotopic (exact) mass is 395 g/mol. The molecule has 4 heterocycles. The Bertz CT molecular complexity index is 1110. The highest BCUT2D eigenvalue weighted by Gasteiger charge is 2.22. The summed E-state index contributed by atoms with van der Waals surface area (Å²) in [6.07, 6.45) is 7.21. The molecular weight excluding hydrogens is 373 g/mol. The Kier molecular flexibility index (Phi) is 4.43. The Morgan fingerprint density at radius 3 is 3.07 bits per heavy atom. The smallest absolute Gasteiger partial charge is 0.210 e. The minimum absolute atomic E-state index is 0.0416. The number of nitrogens with one attached hydrogen (secondary N) is 1. The lowest BCUT2D eigenvalue weighted by Crippen LogP contribution is -2.21. The van der Waals surface area contributed by atoms with E-state index < -0.39 is 0 Å². The third-order valence-corrected chi connectivity index (χ3v) is 5.43. The predicted octanol–water partition coefficient (Wildman–Crippen LogP) is 3.39. The van der Waals surface area contributed by atoms with Gasteiger partial charge >= 0.3 is 0 Å². The summed E-state index contributed by atoms with van der Waals surface area (Å²) in [5, 5.41) is 11.6. The first kappa shape index (κ1) is 18.1. The summed E-state index contributed by atoms with van der Waals surface area (Å²) in [5.41, 5.74) is 4.34. The molecule has 2 aliphatic heterocycles. The van der Waals surface area contributed by atoms with Crippen LogP contribution < -0.4 is 10.1 Å². The Balaban J connectivity index is 1.46. The van der Waals surface area contributed by atoms with E-state index in [2.05, 4.69) is 33.5 Å². The normalized spacial score (nSPS) is 21.0. The van der Waals surface area contributed by atoms with Crippen LogP contribution in [0.25, 0.3) is 11.2 Å². The molecule has 0 bridgehead atoms. The molecule has 8 heteroatoms. The zero-order valence-corrected chi connectivity index (χ0v) is 16.4. The molecule has 2 aliphatic rings. The quantitative estimate of drug-likeness (QED) is 0.730. The molecule has 2 unspecified atom stereocenters. The van der Waals surface area contributed by atoms with Crippen molar-refractivity contribution in [3.8, 4) is 5.75 Å². The summed E-state index contributed by atoms with van der Waals surface area (Å²) < 4.78 is 27.6. The number of fused-ring (bicyclic) bond motifs is 2. The van der Waals surface area contributed by atoms with Crippen LogP contribution in [-0.4, -0.2) is 38.4 Å². The number of nitrogens with zero attached hydrogens (tertiary/aromatic N) is 4. The topological polar surface area (TPSA) is 73.6 Å². The summed E-state index contributed by atoms with van der Waals surface area (Å²) in [4.78, 5) is 4.58. The van der Waals surface area contributed by atoms with E-state index in [0.29, 0.717) is 31.1 Å². The molecule has 1 N–H and O–H groups in total. The summed E-state index contributed by atoms with van der Waals surface area (Å²) in [6.45, 7) is 4.98. The minimum atomic E-state index is -0.242. The lowest BCUT2D eigenvalue weighted by Gasteiger charge is -2.25. The van der Waals surface area contributed by atoms with Crippen molar-refractivity contribution in [2.45, 2.75) is 45.4 Å². The van der Waals surface area contributed by atoms with Gasteiger partial charge in [0, 0.05) is 35.9 Å². The molecule has 0 aliphatic carbocycles. The van der Waals surface area contributed by atoms with E-state index in [1.54, 1.807) is 23.0 Å². The molecule has 2 aromatic heterocycles. The minimum Gasteiger partial charge on any atom is -0.493 e. The van der Waals surface area contributed by atoms with Gasteiger partial charge in [-0.05, 0) is 38.0 Å². The SMILES string of the molecule is CC1C=C(c2cnc(NCc3c(F)ccc4c3CCO4)n3cnnc23)CC(C)O1. The van der Waals surface area contributed by atoms with Gasteiger partial charge in [0.1, 0.15) is 17.9 Å². The summed E-state index contributed by atoms with van der Waals surface area (Å²) in [6, 6.07) is 3.14. The van der Waals surface area contributed by atoms with Crippen LogP contribution in [-0.2, 0) is 17.7 Å². The van der Waals surface area contributed by atoms with Crippen LogP contribution in [0.3, 0.4) is 0 Å². The Morgan fingerprint density at radius 2 is 2.21 bits per heavy atom. The van der Waals surface area contributed by atoms with Crippen LogP contribution in [0, 0.1) is 5.82 Å². The molecule has 5 rings (SSSR count). The van der Waals surface area contributed by atoms with Crippen LogP contribution >= 0.6 is 0 Å².